The van der Waals surface area contributed by atoms with Crippen LogP contribution in [0.4, 0.5) is 4.79 Å². The fraction of sp³-hybridized carbons (Fsp3) is 0.963. The molecule has 0 saturated carbocycles. The maximum Gasteiger partial charge on any atom is 0.506 e. The molecule has 0 aromatic rings. The van der Waals surface area contributed by atoms with E-state index >= 15 is 0 Å². The smallest absolute Gasteiger partial charge is 0.450 e. The lowest BCUT2D eigenvalue weighted by atomic mass is 9.90. The Morgan fingerprint density at radius 1 is 0.879 bits per heavy atom. The molecule has 1 N–H and O–H groups in total. The van der Waals surface area contributed by atoms with Crippen LogP contribution >= 0.6 is 0 Å². The van der Waals surface area contributed by atoms with E-state index < -0.39 is 14.5 Å². The minimum absolute atomic E-state index is 0.181. The molecule has 0 aliphatic heterocycles. The molecule has 0 rings (SSSR count). The second kappa shape index (κ2) is 17.8. The number of rotatable bonds is 20. The van der Waals surface area contributed by atoms with Gasteiger partial charge in [0.2, 0.25) is 0 Å². The summed E-state index contributed by atoms with van der Waals surface area (Å²) in [5.74, 6) is 0.224. The molecular formula is C27H57NO4Si. The minimum atomic E-state index is -1.81. The highest BCUT2D eigenvalue weighted by Crippen LogP contribution is 2.37. The molecule has 0 saturated heterocycles. The molecule has 0 radical (unpaired) electrons. The Balaban J connectivity index is 4.98. The number of hydrogen-bond donors (Lipinski definition) is 1. The van der Waals surface area contributed by atoms with Gasteiger partial charge in [-0.15, -0.1) is 0 Å². The molecule has 0 aliphatic carbocycles. The third-order valence-corrected chi connectivity index (χ3v) is 12.1. The average Bonchev–Trinajstić information content (AvgIpc) is 2.73. The van der Waals surface area contributed by atoms with Crippen LogP contribution in [0.2, 0.25) is 18.1 Å². The predicted octanol–water partition coefficient (Wildman–Crippen LogP) is 8.34. The van der Waals surface area contributed by atoms with E-state index in [0.29, 0.717) is 6.61 Å². The highest BCUT2D eigenvalue weighted by molar-refractivity contribution is 6.74. The van der Waals surface area contributed by atoms with E-state index in [0.717, 1.165) is 45.3 Å². The Kier molecular flexibility index (Phi) is 17.5. The van der Waals surface area contributed by atoms with Gasteiger partial charge in [0, 0.05) is 13.2 Å². The molecule has 0 aliphatic rings. The molecular weight excluding hydrogens is 430 g/mol. The summed E-state index contributed by atoms with van der Waals surface area (Å²) in [4.78, 5) is 13.8. The Hall–Kier alpha value is -0.593. The van der Waals surface area contributed by atoms with E-state index in [1.165, 1.54) is 44.9 Å². The zero-order valence-electron chi connectivity index (χ0n) is 23.4. The van der Waals surface area contributed by atoms with E-state index in [9.17, 15) is 9.90 Å². The lowest BCUT2D eigenvalue weighted by Gasteiger charge is -2.37. The molecule has 6 heteroatoms. The summed E-state index contributed by atoms with van der Waals surface area (Å²) in [6, 6.07) is 0. The van der Waals surface area contributed by atoms with Crippen LogP contribution in [-0.4, -0.2) is 56.8 Å². The first-order valence-electron chi connectivity index (χ1n) is 13.7. The Morgan fingerprint density at radius 2 is 1.42 bits per heavy atom. The van der Waals surface area contributed by atoms with Gasteiger partial charge in [-0.2, -0.15) is 0 Å². The molecule has 0 amide bonds. The van der Waals surface area contributed by atoms with Crippen LogP contribution in [0.3, 0.4) is 0 Å². The van der Waals surface area contributed by atoms with Gasteiger partial charge in [-0.1, -0.05) is 92.9 Å². The van der Waals surface area contributed by atoms with Crippen molar-refractivity contribution in [2.24, 2.45) is 5.92 Å². The first-order chi connectivity index (χ1) is 15.5. The summed E-state index contributed by atoms with van der Waals surface area (Å²) in [6.07, 6.45) is 11.5. The van der Waals surface area contributed by atoms with Crippen LogP contribution in [-0.2, 0) is 9.16 Å². The van der Waals surface area contributed by atoms with Crippen LogP contribution in [0.15, 0.2) is 0 Å². The molecule has 0 aromatic heterocycles. The second-order valence-electron chi connectivity index (χ2n) is 11.2. The normalized spacial score (nSPS) is 14.5. The largest absolute Gasteiger partial charge is 0.506 e. The van der Waals surface area contributed by atoms with Gasteiger partial charge in [-0.25, -0.2) is 4.79 Å². The molecule has 0 spiro atoms. The molecule has 0 aromatic carbocycles. The Labute approximate surface area is 207 Å². The van der Waals surface area contributed by atoms with Crippen molar-refractivity contribution in [3.63, 3.8) is 0 Å². The van der Waals surface area contributed by atoms with Gasteiger partial charge in [0.25, 0.3) is 0 Å². The van der Waals surface area contributed by atoms with Gasteiger partial charge in [0.15, 0.2) is 8.32 Å². The van der Waals surface area contributed by atoms with Crippen molar-refractivity contribution < 1.29 is 19.1 Å². The topological polar surface area (TPSA) is 59.0 Å². The van der Waals surface area contributed by atoms with Crippen LogP contribution < -0.4 is 0 Å². The molecule has 2 unspecified atom stereocenters. The van der Waals surface area contributed by atoms with Gasteiger partial charge in [0.05, 0.1) is 0 Å². The van der Waals surface area contributed by atoms with Crippen molar-refractivity contribution in [1.82, 2.24) is 4.90 Å². The monoisotopic (exact) mass is 487 g/mol. The quantitative estimate of drug-likeness (QED) is 0.106. The van der Waals surface area contributed by atoms with Gasteiger partial charge < -0.3 is 19.2 Å². The molecule has 0 bridgehead atoms. The van der Waals surface area contributed by atoms with Gasteiger partial charge in [-0.3, -0.25) is 0 Å². The van der Waals surface area contributed by atoms with Crippen molar-refractivity contribution in [1.29, 1.82) is 0 Å². The first kappa shape index (κ1) is 32.4. The summed E-state index contributed by atoms with van der Waals surface area (Å²) in [6.45, 7) is 21.4. The fourth-order valence-corrected chi connectivity index (χ4v) is 5.17. The summed E-state index contributed by atoms with van der Waals surface area (Å²) in [7, 11) is -1.81. The fourth-order valence-electron chi connectivity index (χ4n) is 4.11. The van der Waals surface area contributed by atoms with Gasteiger partial charge >= 0.3 is 6.16 Å². The van der Waals surface area contributed by atoms with Crippen molar-refractivity contribution >= 4 is 14.5 Å². The summed E-state index contributed by atoms with van der Waals surface area (Å²) in [5, 5.41) is 9.61. The minimum Gasteiger partial charge on any atom is -0.450 e. The Bertz CT molecular complexity index is 489. The third kappa shape index (κ3) is 15.1. The number of hydrogen-bond acceptors (Lipinski definition) is 4. The lowest BCUT2D eigenvalue weighted by molar-refractivity contribution is 0.00754. The van der Waals surface area contributed by atoms with Gasteiger partial charge in [-0.05, 0) is 56.4 Å². The number of carbonyl (C=O) groups is 1. The van der Waals surface area contributed by atoms with Crippen molar-refractivity contribution in [3.05, 3.63) is 0 Å². The van der Waals surface area contributed by atoms with E-state index in [1.54, 1.807) is 0 Å². The standard InChI is InChI=1S/C27H57NO4Si/c1-9-12-13-14-15-16-17-18-19-24(21-23-31-33(7,8)27(4,5)6)25(32-26(29)30)20-22-28(10-2)11-3/h24-25H,9-23H2,1-8H3,(H,29,30). The van der Waals surface area contributed by atoms with E-state index in [2.05, 4.69) is 59.5 Å². The number of unbranched alkanes of at least 4 members (excludes halogenated alkanes) is 7. The summed E-state index contributed by atoms with van der Waals surface area (Å²) < 4.78 is 11.9. The molecule has 0 heterocycles. The second-order valence-corrected chi connectivity index (χ2v) is 16.0. The average molecular weight is 488 g/mol. The van der Waals surface area contributed by atoms with Crippen LogP contribution in [0.5, 0.6) is 0 Å². The van der Waals surface area contributed by atoms with Crippen LogP contribution in [0, 0.1) is 5.92 Å². The number of nitrogens with zero attached hydrogens (tertiary/aromatic N) is 1. The maximum absolute atomic E-state index is 11.5. The molecule has 5 nitrogen and oxygen atoms in total. The van der Waals surface area contributed by atoms with Gasteiger partial charge in [0.1, 0.15) is 6.10 Å². The van der Waals surface area contributed by atoms with Crippen LogP contribution in [0.1, 0.15) is 112 Å². The summed E-state index contributed by atoms with van der Waals surface area (Å²) >= 11 is 0. The lowest BCUT2D eigenvalue weighted by Crippen LogP contribution is -2.41. The zero-order chi connectivity index (χ0) is 25.3. The van der Waals surface area contributed by atoms with E-state index in [-0.39, 0.29) is 17.1 Å². The van der Waals surface area contributed by atoms with Crippen LogP contribution in [0.25, 0.3) is 0 Å². The highest BCUT2D eigenvalue weighted by atomic mass is 28.4. The third-order valence-electron chi connectivity index (χ3n) is 7.59. The predicted molar refractivity (Wildman–Crippen MR) is 144 cm³/mol. The molecule has 198 valence electrons. The maximum atomic E-state index is 11.5. The van der Waals surface area contributed by atoms with Crippen molar-refractivity contribution in [3.8, 4) is 0 Å². The molecule has 0 fully saturated rings. The molecule has 33 heavy (non-hydrogen) atoms. The number of carboxylic acid groups (broad SMARTS) is 1. The first-order valence-corrected chi connectivity index (χ1v) is 16.6. The van der Waals surface area contributed by atoms with Crippen molar-refractivity contribution in [2.45, 2.75) is 136 Å². The van der Waals surface area contributed by atoms with E-state index in [4.69, 9.17) is 9.16 Å². The zero-order valence-corrected chi connectivity index (χ0v) is 24.4. The molecule has 2 atom stereocenters. The highest BCUT2D eigenvalue weighted by Gasteiger charge is 2.37. The number of ether oxygens (including phenoxy) is 1. The Morgan fingerprint density at radius 3 is 1.91 bits per heavy atom. The van der Waals surface area contributed by atoms with Crippen molar-refractivity contribution in [2.75, 3.05) is 26.2 Å². The van der Waals surface area contributed by atoms with E-state index in [1.807, 2.05) is 0 Å². The summed E-state index contributed by atoms with van der Waals surface area (Å²) in [5.41, 5.74) is 0. The SMILES string of the molecule is CCCCCCCCCCC(CCO[Si](C)(C)C(C)(C)C)C(CCN(CC)CC)OC(=O)O.